The Morgan fingerprint density at radius 1 is 1.24 bits per heavy atom. The van der Waals surface area contributed by atoms with Crippen molar-refractivity contribution in [2.75, 3.05) is 13.1 Å². The van der Waals surface area contributed by atoms with E-state index in [1.54, 1.807) is 6.07 Å². The fourth-order valence-corrected chi connectivity index (χ4v) is 2.46. The largest absolute Gasteiger partial charge is 0.462 e. The maximum absolute atomic E-state index is 13.1. The molecule has 0 saturated carbocycles. The van der Waals surface area contributed by atoms with Gasteiger partial charge in [0, 0.05) is 24.9 Å². The van der Waals surface area contributed by atoms with Crippen LogP contribution in [-0.2, 0) is 11.3 Å². The molecular weight excluding hydrogens is 221 g/mol. The van der Waals surface area contributed by atoms with Gasteiger partial charge in [-0.1, -0.05) is 0 Å². The number of fused-ring (bicyclic) bond motifs is 1. The van der Waals surface area contributed by atoms with Crippen molar-refractivity contribution in [3.05, 3.63) is 29.6 Å². The number of rotatable bonds is 0. The number of ether oxygens (including phenoxy) is 2. The molecule has 17 heavy (non-hydrogen) atoms. The third kappa shape index (κ3) is 2.15. The molecule has 1 aromatic rings. The van der Waals surface area contributed by atoms with E-state index in [0.29, 0.717) is 6.61 Å². The molecule has 92 valence electrons. The van der Waals surface area contributed by atoms with Crippen molar-refractivity contribution in [3.8, 4) is 5.75 Å². The minimum Gasteiger partial charge on any atom is -0.462 e. The van der Waals surface area contributed by atoms with Gasteiger partial charge >= 0.3 is 0 Å². The summed E-state index contributed by atoms with van der Waals surface area (Å²) >= 11 is 0. The summed E-state index contributed by atoms with van der Waals surface area (Å²) in [5.41, 5.74) is 0.799. The highest BCUT2D eigenvalue weighted by Gasteiger charge is 2.37. The number of halogens is 1. The maximum Gasteiger partial charge on any atom is 0.212 e. The number of nitrogens with one attached hydrogen (secondary N) is 1. The first kappa shape index (κ1) is 11.0. The highest BCUT2D eigenvalue weighted by molar-refractivity contribution is 5.35. The van der Waals surface area contributed by atoms with Crippen LogP contribution in [0.4, 0.5) is 4.39 Å². The molecule has 3 rings (SSSR count). The third-order valence-electron chi connectivity index (χ3n) is 3.40. The molecule has 2 aliphatic rings. The molecule has 1 atom stereocenters. The second-order valence-electron chi connectivity index (χ2n) is 4.66. The van der Waals surface area contributed by atoms with Gasteiger partial charge < -0.3 is 14.8 Å². The van der Waals surface area contributed by atoms with Crippen LogP contribution in [0.25, 0.3) is 0 Å². The van der Waals surface area contributed by atoms with Crippen LogP contribution in [0, 0.1) is 5.82 Å². The second-order valence-corrected chi connectivity index (χ2v) is 4.66. The summed E-state index contributed by atoms with van der Waals surface area (Å²) in [5.74, 6) is 0.0166. The van der Waals surface area contributed by atoms with E-state index < -0.39 is 5.79 Å². The summed E-state index contributed by atoms with van der Waals surface area (Å²) in [6, 6.07) is 4.62. The quantitative estimate of drug-likeness (QED) is 0.750. The number of hydrogen-bond acceptors (Lipinski definition) is 3. The van der Waals surface area contributed by atoms with Crippen molar-refractivity contribution in [1.29, 1.82) is 0 Å². The topological polar surface area (TPSA) is 30.5 Å². The molecule has 0 bridgehead atoms. The van der Waals surface area contributed by atoms with E-state index in [0.717, 1.165) is 43.7 Å². The predicted molar refractivity (Wildman–Crippen MR) is 61.3 cm³/mol. The maximum atomic E-state index is 13.1. The Morgan fingerprint density at radius 3 is 3.12 bits per heavy atom. The summed E-state index contributed by atoms with van der Waals surface area (Å²) in [6.45, 7) is 2.34. The van der Waals surface area contributed by atoms with Gasteiger partial charge in [0.25, 0.3) is 0 Å². The van der Waals surface area contributed by atoms with Crippen molar-refractivity contribution in [2.45, 2.75) is 31.7 Å². The highest BCUT2D eigenvalue weighted by Crippen LogP contribution is 2.36. The summed E-state index contributed by atoms with van der Waals surface area (Å²) in [5, 5.41) is 3.33. The first-order chi connectivity index (χ1) is 8.27. The zero-order valence-corrected chi connectivity index (χ0v) is 9.67. The Bertz CT molecular complexity index is 414. The monoisotopic (exact) mass is 237 g/mol. The average molecular weight is 237 g/mol. The van der Waals surface area contributed by atoms with Crippen LogP contribution in [0.3, 0.4) is 0 Å². The van der Waals surface area contributed by atoms with Gasteiger partial charge in [-0.3, -0.25) is 0 Å². The van der Waals surface area contributed by atoms with Gasteiger partial charge in [-0.05, 0) is 31.2 Å². The van der Waals surface area contributed by atoms with Gasteiger partial charge in [-0.25, -0.2) is 4.39 Å². The standard InChI is InChI=1S/C13H16FNO2/c14-11-2-3-12-10(8-11)9-16-13(17-12)4-1-6-15-7-5-13/h2-3,8,15H,1,4-7,9H2. The molecule has 1 aromatic carbocycles. The summed E-state index contributed by atoms with van der Waals surface area (Å²) in [7, 11) is 0. The minimum absolute atomic E-state index is 0.241. The molecule has 0 aliphatic carbocycles. The smallest absolute Gasteiger partial charge is 0.212 e. The molecule has 3 nitrogen and oxygen atoms in total. The fourth-order valence-electron chi connectivity index (χ4n) is 2.46. The molecule has 2 heterocycles. The first-order valence-corrected chi connectivity index (χ1v) is 6.10. The molecule has 0 amide bonds. The fraction of sp³-hybridized carbons (Fsp3) is 0.538. The Kier molecular flexibility index (Phi) is 2.76. The van der Waals surface area contributed by atoms with Gasteiger partial charge in [0.2, 0.25) is 5.79 Å². The van der Waals surface area contributed by atoms with Crippen LogP contribution in [-0.4, -0.2) is 18.9 Å². The lowest BCUT2D eigenvalue weighted by Gasteiger charge is -2.37. The lowest BCUT2D eigenvalue weighted by molar-refractivity contribution is -0.211. The van der Waals surface area contributed by atoms with Crippen LogP contribution in [0.1, 0.15) is 24.8 Å². The predicted octanol–water partition coefficient (Wildman–Crippen LogP) is 2.20. The Labute approximate surface area is 99.9 Å². The lowest BCUT2D eigenvalue weighted by Crippen LogP contribution is -2.42. The van der Waals surface area contributed by atoms with Crippen molar-refractivity contribution in [3.63, 3.8) is 0 Å². The average Bonchev–Trinajstić information content (AvgIpc) is 2.56. The summed E-state index contributed by atoms with van der Waals surface area (Å²) in [4.78, 5) is 0. The van der Waals surface area contributed by atoms with E-state index in [4.69, 9.17) is 9.47 Å². The van der Waals surface area contributed by atoms with Crippen molar-refractivity contribution < 1.29 is 13.9 Å². The lowest BCUT2D eigenvalue weighted by atomic mass is 10.1. The van der Waals surface area contributed by atoms with E-state index >= 15 is 0 Å². The van der Waals surface area contributed by atoms with Crippen LogP contribution in [0.2, 0.25) is 0 Å². The summed E-state index contributed by atoms with van der Waals surface area (Å²) < 4.78 is 24.9. The van der Waals surface area contributed by atoms with Crippen LogP contribution < -0.4 is 10.1 Å². The van der Waals surface area contributed by atoms with Crippen molar-refractivity contribution in [2.24, 2.45) is 0 Å². The molecule has 1 fully saturated rings. The molecule has 4 heteroatoms. The van der Waals surface area contributed by atoms with Gasteiger partial charge in [-0.2, -0.15) is 0 Å². The van der Waals surface area contributed by atoms with Gasteiger partial charge in [0.15, 0.2) is 0 Å². The Hall–Kier alpha value is -1.13. The Balaban J connectivity index is 1.85. The SMILES string of the molecule is Fc1ccc2c(c1)COC1(CCCNCC1)O2. The van der Waals surface area contributed by atoms with Crippen molar-refractivity contribution in [1.82, 2.24) is 5.32 Å². The van der Waals surface area contributed by atoms with Gasteiger partial charge in [0.1, 0.15) is 11.6 Å². The summed E-state index contributed by atoms with van der Waals surface area (Å²) in [6.07, 6.45) is 2.76. The number of hydrogen-bond donors (Lipinski definition) is 1. The zero-order valence-electron chi connectivity index (χ0n) is 9.67. The van der Waals surface area contributed by atoms with E-state index in [1.807, 2.05) is 0 Å². The van der Waals surface area contributed by atoms with Crippen LogP contribution in [0.15, 0.2) is 18.2 Å². The molecule has 0 radical (unpaired) electrons. The molecule has 1 spiro atoms. The molecule has 1 saturated heterocycles. The van der Waals surface area contributed by atoms with Crippen LogP contribution in [0.5, 0.6) is 5.75 Å². The van der Waals surface area contributed by atoms with Crippen molar-refractivity contribution >= 4 is 0 Å². The van der Waals surface area contributed by atoms with Gasteiger partial charge in [0.05, 0.1) is 6.61 Å². The van der Waals surface area contributed by atoms with E-state index in [9.17, 15) is 4.39 Å². The molecule has 0 aromatic heterocycles. The normalized spacial score (nSPS) is 28.3. The van der Waals surface area contributed by atoms with Gasteiger partial charge in [-0.15, -0.1) is 0 Å². The van der Waals surface area contributed by atoms with Crippen LogP contribution >= 0.6 is 0 Å². The number of benzene rings is 1. The first-order valence-electron chi connectivity index (χ1n) is 6.10. The molecule has 2 aliphatic heterocycles. The van der Waals surface area contributed by atoms with E-state index in [1.165, 1.54) is 12.1 Å². The molecular formula is C13H16FNO2. The second kappa shape index (κ2) is 4.27. The molecule has 1 N–H and O–H groups in total. The van der Waals surface area contributed by atoms with E-state index in [2.05, 4.69) is 5.32 Å². The zero-order chi connectivity index (χ0) is 11.7. The molecule has 1 unspecified atom stereocenters. The highest BCUT2D eigenvalue weighted by atomic mass is 19.1. The minimum atomic E-state index is -0.506. The van der Waals surface area contributed by atoms with E-state index in [-0.39, 0.29) is 5.82 Å². The third-order valence-corrected chi connectivity index (χ3v) is 3.40. The Morgan fingerprint density at radius 2 is 2.18 bits per heavy atom.